The number of sulfonamides is 1. The Kier molecular flexibility index (Phi) is 6.29. The van der Waals surface area contributed by atoms with E-state index >= 15 is 0 Å². The molecule has 0 radical (unpaired) electrons. The lowest BCUT2D eigenvalue weighted by Gasteiger charge is -2.33. The highest BCUT2D eigenvalue weighted by Crippen LogP contribution is 2.33. The Labute approximate surface area is 190 Å². The number of aromatic carboxylic acids is 1. The molecule has 2 aromatic carbocycles. The van der Waals surface area contributed by atoms with Crippen molar-refractivity contribution in [2.75, 3.05) is 22.7 Å². The van der Waals surface area contributed by atoms with Crippen molar-refractivity contribution in [3.05, 3.63) is 53.9 Å². The summed E-state index contributed by atoms with van der Waals surface area (Å²) in [6.07, 6.45) is 2.74. The third kappa shape index (κ3) is 4.81. The third-order valence-corrected chi connectivity index (χ3v) is 7.01. The van der Waals surface area contributed by atoms with Crippen molar-refractivity contribution in [1.82, 2.24) is 20.2 Å². The highest BCUT2D eigenvalue weighted by Gasteiger charge is 2.25. The number of tetrazole rings is 1. The second kappa shape index (κ2) is 9.16. The normalized spacial score (nSPS) is 16.5. The molecule has 0 aliphatic carbocycles. The number of aliphatic hydroxyl groups is 1. The number of hydrogen-bond acceptors (Lipinski definition) is 8. The molecule has 0 saturated carbocycles. The molecule has 11 nitrogen and oxygen atoms in total. The number of carboxylic acid groups (broad SMARTS) is 1. The van der Waals surface area contributed by atoms with Gasteiger partial charge in [0.2, 0.25) is 0 Å². The highest BCUT2D eigenvalue weighted by atomic mass is 32.2. The van der Waals surface area contributed by atoms with Gasteiger partial charge in [-0.1, -0.05) is 13.0 Å². The third-order valence-electron chi connectivity index (χ3n) is 5.56. The first-order valence-electron chi connectivity index (χ1n) is 10.5. The van der Waals surface area contributed by atoms with E-state index in [9.17, 15) is 23.4 Å². The van der Waals surface area contributed by atoms with Crippen molar-refractivity contribution < 1.29 is 23.4 Å². The minimum absolute atomic E-state index is 0.0950. The summed E-state index contributed by atoms with van der Waals surface area (Å²) in [5.41, 5.74) is 1.80. The molecule has 0 spiro atoms. The van der Waals surface area contributed by atoms with Crippen molar-refractivity contribution in [3.8, 4) is 5.69 Å². The van der Waals surface area contributed by atoms with Crippen molar-refractivity contribution in [2.45, 2.75) is 37.2 Å². The molecule has 3 aromatic rings. The molecule has 3 N–H and O–H groups in total. The quantitative estimate of drug-likeness (QED) is 0.466. The van der Waals surface area contributed by atoms with Crippen LogP contribution in [-0.2, 0) is 16.4 Å². The van der Waals surface area contributed by atoms with Crippen LogP contribution in [0, 0.1) is 0 Å². The molecule has 1 aromatic heterocycles. The Morgan fingerprint density at radius 1 is 1.24 bits per heavy atom. The zero-order valence-electron chi connectivity index (χ0n) is 17.9. The van der Waals surface area contributed by atoms with E-state index in [2.05, 4.69) is 20.2 Å². The van der Waals surface area contributed by atoms with Crippen LogP contribution in [0.4, 0.5) is 11.4 Å². The predicted molar refractivity (Wildman–Crippen MR) is 120 cm³/mol. The zero-order valence-corrected chi connectivity index (χ0v) is 18.7. The number of carbonyl (C=O) groups is 1. The van der Waals surface area contributed by atoms with Gasteiger partial charge in [-0.3, -0.25) is 4.72 Å². The summed E-state index contributed by atoms with van der Waals surface area (Å²) in [5, 5.41) is 30.6. The largest absolute Gasteiger partial charge is 0.478 e. The molecule has 0 amide bonds. The summed E-state index contributed by atoms with van der Waals surface area (Å²) >= 11 is 0. The molecular formula is C21H24N6O5S. The number of benzene rings is 2. The number of β-amino-alcohol motifs (C(OH)–C–C–N with tert-alkyl or cyclic N) is 1. The molecule has 1 saturated heterocycles. The fourth-order valence-corrected chi connectivity index (χ4v) is 5.31. The zero-order chi connectivity index (χ0) is 23.6. The number of anilines is 2. The van der Waals surface area contributed by atoms with E-state index in [1.807, 2.05) is 4.90 Å². The summed E-state index contributed by atoms with van der Waals surface area (Å²) in [7, 11) is -4.14. The SMILES string of the molecule is CCc1ccc(C(=O)O)cc1S(=O)(=O)Nc1cc(-n2cnnn2)ccc1N1CCCC(O)C1. The summed E-state index contributed by atoms with van der Waals surface area (Å²) < 4.78 is 30.9. The minimum atomic E-state index is -4.14. The van der Waals surface area contributed by atoms with Gasteiger partial charge in [-0.2, -0.15) is 0 Å². The standard InChI is InChI=1S/C21H24N6O5S/c1-2-14-5-6-15(21(29)30)10-20(14)33(31,32)23-18-11-16(27-13-22-24-25-27)7-8-19(18)26-9-3-4-17(28)12-26/h5-8,10-11,13,17,23,28H,2-4,9,12H2,1H3,(H,29,30). The van der Waals surface area contributed by atoms with Gasteiger partial charge in [0.15, 0.2) is 0 Å². The van der Waals surface area contributed by atoms with Crippen molar-refractivity contribution in [2.24, 2.45) is 0 Å². The van der Waals surface area contributed by atoms with Crippen LogP contribution >= 0.6 is 0 Å². The van der Waals surface area contributed by atoms with Gasteiger partial charge in [0.05, 0.1) is 33.6 Å². The Morgan fingerprint density at radius 2 is 2.06 bits per heavy atom. The van der Waals surface area contributed by atoms with Gasteiger partial charge in [0.25, 0.3) is 10.0 Å². The van der Waals surface area contributed by atoms with Crippen LogP contribution in [0.2, 0.25) is 0 Å². The maximum Gasteiger partial charge on any atom is 0.335 e. The summed E-state index contributed by atoms with van der Waals surface area (Å²) in [5.74, 6) is -1.21. The molecule has 1 aliphatic rings. The van der Waals surface area contributed by atoms with E-state index in [0.717, 1.165) is 6.42 Å². The molecule has 4 rings (SSSR count). The monoisotopic (exact) mass is 472 g/mol. The number of aromatic nitrogens is 4. The lowest BCUT2D eigenvalue weighted by atomic mass is 10.1. The predicted octanol–water partition coefficient (Wildman–Crippen LogP) is 1.68. The van der Waals surface area contributed by atoms with Crippen LogP contribution in [0.1, 0.15) is 35.7 Å². The van der Waals surface area contributed by atoms with E-state index < -0.39 is 22.1 Å². The average molecular weight is 473 g/mol. The second-order valence-corrected chi connectivity index (χ2v) is 9.44. The van der Waals surface area contributed by atoms with Gasteiger partial charge in [-0.15, -0.1) is 5.10 Å². The van der Waals surface area contributed by atoms with Crippen molar-refractivity contribution in [3.63, 3.8) is 0 Å². The number of aliphatic hydroxyl groups excluding tert-OH is 1. The minimum Gasteiger partial charge on any atom is -0.478 e. The molecule has 1 fully saturated rings. The lowest BCUT2D eigenvalue weighted by molar-refractivity contribution is 0.0696. The Bertz CT molecular complexity index is 1260. The van der Waals surface area contributed by atoms with E-state index in [-0.39, 0.29) is 16.1 Å². The Balaban J connectivity index is 1.79. The van der Waals surface area contributed by atoms with Crippen LogP contribution in [-0.4, -0.2) is 64.0 Å². The fraction of sp³-hybridized carbons (Fsp3) is 0.333. The topological polar surface area (TPSA) is 151 Å². The molecular weight excluding hydrogens is 448 g/mol. The maximum absolute atomic E-state index is 13.4. The average Bonchev–Trinajstić information content (AvgIpc) is 3.33. The van der Waals surface area contributed by atoms with Crippen molar-refractivity contribution >= 4 is 27.4 Å². The molecule has 1 aliphatic heterocycles. The first-order chi connectivity index (χ1) is 15.8. The summed E-state index contributed by atoms with van der Waals surface area (Å²) in [4.78, 5) is 13.3. The van der Waals surface area contributed by atoms with Crippen LogP contribution in [0.5, 0.6) is 0 Å². The number of rotatable bonds is 7. The molecule has 2 heterocycles. The number of aryl methyl sites for hydroxylation is 1. The fourth-order valence-electron chi connectivity index (χ4n) is 3.91. The second-order valence-electron chi connectivity index (χ2n) is 7.78. The van der Waals surface area contributed by atoms with Gasteiger partial charge in [0, 0.05) is 13.1 Å². The van der Waals surface area contributed by atoms with Crippen LogP contribution < -0.4 is 9.62 Å². The van der Waals surface area contributed by atoms with E-state index in [1.54, 1.807) is 25.1 Å². The van der Waals surface area contributed by atoms with Gasteiger partial charge >= 0.3 is 5.97 Å². The van der Waals surface area contributed by atoms with Crippen LogP contribution in [0.15, 0.2) is 47.6 Å². The van der Waals surface area contributed by atoms with Gasteiger partial charge in [-0.25, -0.2) is 17.9 Å². The summed E-state index contributed by atoms with van der Waals surface area (Å²) in [6.45, 7) is 2.83. The van der Waals surface area contributed by atoms with Gasteiger partial charge in [-0.05, 0) is 65.6 Å². The van der Waals surface area contributed by atoms with Crippen LogP contribution in [0.25, 0.3) is 5.69 Å². The molecule has 1 unspecified atom stereocenters. The van der Waals surface area contributed by atoms with E-state index in [0.29, 0.717) is 42.9 Å². The number of carboxylic acids is 1. The van der Waals surface area contributed by atoms with Gasteiger partial charge < -0.3 is 15.1 Å². The summed E-state index contributed by atoms with van der Waals surface area (Å²) in [6, 6.07) is 9.18. The van der Waals surface area contributed by atoms with Gasteiger partial charge in [0.1, 0.15) is 6.33 Å². The van der Waals surface area contributed by atoms with Crippen molar-refractivity contribution in [1.29, 1.82) is 0 Å². The molecule has 174 valence electrons. The Morgan fingerprint density at radius 3 is 2.73 bits per heavy atom. The Hall–Kier alpha value is -3.51. The van der Waals surface area contributed by atoms with E-state index in [1.165, 1.54) is 29.2 Å². The lowest BCUT2D eigenvalue weighted by Crippen LogP contribution is -2.38. The number of nitrogens with one attached hydrogen (secondary N) is 1. The maximum atomic E-state index is 13.4. The number of piperidine rings is 1. The number of nitrogens with zero attached hydrogens (tertiary/aromatic N) is 5. The van der Waals surface area contributed by atoms with Crippen LogP contribution in [0.3, 0.4) is 0 Å². The van der Waals surface area contributed by atoms with E-state index in [4.69, 9.17) is 0 Å². The molecule has 1 atom stereocenters. The molecule has 0 bridgehead atoms. The first kappa shape index (κ1) is 22.7. The first-order valence-corrected chi connectivity index (χ1v) is 12.0. The number of hydrogen-bond donors (Lipinski definition) is 3. The highest BCUT2D eigenvalue weighted by molar-refractivity contribution is 7.92. The smallest absolute Gasteiger partial charge is 0.335 e. The molecule has 12 heteroatoms. The molecule has 33 heavy (non-hydrogen) atoms.